The van der Waals surface area contributed by atoms with E-state index in [2.05, 4.69) is 15.4 Å². The zero-order valence-electron chi connectivity index (χ0n) is 16.0. The lowest BCUT2D eigenvalue weighted by molar-refractivity contribution is 0.102. The third-order valence-corrected chi connectivity index (χ3v) is 5.28. The number of rotatable bonds is 6. The van der Waals surface area contributed by atoms with Crippen LogP contribution >= 0.6 is 11.3 Å². The van der Waals surface area contributed by atoms with Crippen molar-refractivity contribution in [2.24, 2.45) is 0 Å². The molecule has 0 bridgehead atoms. The fourth-order valence-corrected chi connectivity index (χ4v) is 3.60. The van der Waals surface area contributed by atoms with E-state index in [1.54, 1.807) is 24.3 Å². The molecule has 0 saturated carbocycles. The Kier molecular flexibility index (Phi) is 5.53. The summed E-state index contributed by atoms with van der Waals surface area (Å²) in [4.78, 5) is 29.3. The number of hydrogen-bond acceptors (Lipinski definition) is 6. The van der Waals surface area contributed by atoms with Crippen LogP contribution in [0, 0.1) is 5.82 Å². The average molecular weight is 424 g/mol. The van der Waals surface area contributed by atoms with Gasteiger partial charge in [0.2, 0.25) is 4.96 Å². The molecule has 9 heteroatoms. The van der Waals surface area contributed by atoms with Crippen LogP contribution in [0.4, 0.5) is 10.1 Å². The molecule has 0 unspecified atom stereocenters. The van der Waals surface area contributed by atoms with Crippen LogP contribution in [0.3, 0.4) is 0 Å². The summed E-state index contributed by atoms with van der Waals surface area (Å²) in [5.41, 5.74) is 1.04. The molecule has 2 aromatic carbocycles. The topological polar surface area (TPSA) is 85.6 Å². The second-order valence-corrected chi connectivity index (χ2v) is 7.45. The molecule has 0 saturated heterocycles. The minimum Gasteiger partial charge on any atom is -0.487 e. The fourth-order valence-electron chi connectivity index (χ4n) is 2.74. The molecule has 0 atom stereocenters. The molecule has 2 heterocycles. The van der Waals surface area contributed by atoms with Gasteiger partial charge in [-0.15, -0.1) is 0 Å². The number of carbonyl (C=O) groups excluding carboxylic acids is 1. The fraction of sp³-hybridized carbons (Fsp3) is 0.143. The monoisotopic (exact) mass is 424 g/mol. The molecular weight excluding hydrogens is 407 g/mol. The Morgan fingerprint density at radius 1 is 1.20 bits per heavy atom. The van der Waals surface area contributed by atoms with Gasteiger partial charge in [-0.3, -0.25) is 9.59 Å². The Bertz CT molecular complexity index is 1270. The van der Waals surface area contributed by atoms with Gasteiger partial charge in [-0.2, -0.15) is 9.61 Å². The summed E-state index contributed by atoms with van der Waals surface area (Å²) < 4.78 is 20.2. The van der Waals surface area contributed by atoms with Crippen LogP contribution < -0.4 is 15.6 Å². The van der Waals surface area contributed by atoms with Gasteiger partial charge in [-0.25, -0.2) is 9.37 Å². The van der Waals surface area contributed by atoms with Gasteiger partial charge < -0.3 is 10.1 Å². The first-order valence-electron chi connectivity index (χ1n) is 9.20. The lowest BCUT2D eigenvalue weighted by Gasteiger charge is -2.08. The highest BCUT2D eigenvalue weighted by molar-refractivity contribution is 7.16. The van der Waals surface area contributed by atoms with Crippen LogP contribution in [0.1, 0.15) is 28.0 Å². The van der Waals surface area contributed by atoms with Gasteiger partial charge in [0, 0.05) is 17.3 Å². The Hall–Kier alpha value is -3.59. The molecule has 1 N–H and O–H groups in total. The molecule has 0 aliphatic carbocycles. The Morgan fingerprint density at radius 2 is 2.00 bits per heavy atom. The number of nitrogens with one attached hydrogen (secondary N) is 1. The van der Waals surface area contributed by atoms with E-state index in [4.69, 9.17) is 4.74 Å². The highest BCUT2D eigenvalue weighted by atomic mass is 32.1. The maximum Gasteiger partial charge on any atom is 0.275 e. The Labute approximate surface area is 174 Å². The quantitative estimate of drug-likeness (QED) is 0.510. The van der Waals surface area contributed by atoms with E-state index in [0.717, 1.165) is 11.4 Å². The van der Waals surface area contributed by atoms with Crippen molar-refractivity contribution in [2.75, 3.05) is 5.32 Å². The largest absolute Gasteiger partial charge is 0.487 e. The van der Waals surface area contributed by atoms with Crippen molar-refractivity contribution in [2.45, 2.75) is 20.0 Å². The molecule has 0 aliphatic rings. The molecule has 4 rings (SSSR count). The van der Waals surface area contributed by atoms with E-state index in [1.165, 1.54) is 46.2 Å². The zero-order valence-corrected chi connectivity index (χ0v) is 16.8. The number of amides is 1. The van der Waals surface area contributed by atoms with Crippen LogP contribution in [0.25, 0.3) is 4.96 Å². The van der Waals surface area contributed by atoms with E-state index in [0.29, 0.717) is 22.1 Å². The standard InChI is InChI=1S/C21H17FN4O3S/c1-2-18-25-26-19(27)11-16(24-21(26)30-18)12-29-17-8-6-15(7-9-17)23-20(28)13-4-3-5-14(22)10-13/h3-11H,2,12H2,1H3,(H,23,28). The highest BCUT2D eigenvalue weighted by Crippen LogP contribution is 2.18. The molecular formula is C21H17FN4O3S. The number of halogens is 1. The summed E-state index contributed by atoms with van der Waals surface area (Å²) in [7, 11) is 0. The van der Waals surface area contributed by atoms with Gasteiger partial charge in [0.05, 0.1) is 5.69 Å². The summed E-state index contributed by atoms with van der Waals surface area (Å²) >= 11 is 1.38. The van der Waals surface area contributed by atoms with Crippen molar-refractivity contribution >= 4 is 27.9 Å². The van der Waals surface area contributed by atoms with Gasteiger partial charge in [-0.05, 0) is 48.9 Å². The second-order valence-electron chi connectivity index (χ2n) is 6.41. The molecule has 4 aromatic rings. The summed E-state index contributed by atoms with van der Waals surface area (Å²) in [6, 6.07) is 13.6. The van der Waals surface area contributed by atoms with Crippen molar-refractivity contribution in [3.8, 4) is 5.75 Å². The number of aromatic nitrogens is 3. The maximum atomic E-state index is 13.2. The molecule has 7 nitrogen and oxygen atoms in total. The van der Waals surface area contributed by atoms with Crippen LogP contribution in [-0.4, -0.2) is 20.5 Å². The molecule has 2 aromatic heterocycles. The predicted octanol–water partition coefficient (Wildman–Crippen LogP) is 3.68. The van der Waals surface area contributed by atoms with Crippen molar-refractivity contribution in [3.63, 3.8) is 0 Å². The summed E-state index contributed by atoms with van der Waals surface area (Å²) in [6.45, 7) is 2.09. The zero-order chi connectivity index (χ0) is 21.1. The van der Waals surface area contributed by atoms with Gasteiger partial charge in [0.1, 0.15) is 23.2 Å². The molecule has 152 valence electrons. The Morgan fingerprint density at radius 3 is 2.73 bits per heavy atom. The molecule has 1 amide bonds. The van der Waals surface area contributed by atoms with Gasteiger partial charge >= 0.3 is 0 Å². The minimum atomic E-state index is -0.470. The number of hydrogen-bond donors (Lipinski definition) is 1. The molecule has 0 fully saturated rings. The van der Waals surface area contributed by atoms with E-state index >= 15 is 0 Å². The molecule has 0 spiro atoms. The SMILES string of the molecule is CCc1nn2c(=O)cc(COc3ccc(NC(=O)c4cccc(F)c4)cc3)nc2s1. The van der Waals surface area contributed by atoms with Crippen molar-refractivity contribution in [1.29, 1.82) is 0 Å². The van der Waals surface area contributed by atoms with Crippen LogP contribution in [-0.2, 0) is 13.0 Å². The normalized spacial score (nSPS) is 10.9. The summed E-state index contributed by atoms with van der Waals surface area (Å²) in [6.07, 6.45) is 0.737. The van der Waals surface area contributed by atoms with Crippen LogP contribution in [0.15, 0.2) is 59.4 Å². The first-order chi connectivity index (χ1) is 14.5. The third kappa shape index (κ3) is 4.36. The van der Waals surface area contributed by atoms with Gasteiger partial charge in [0.15, 0.2) is 0 Å². The van der Waals surface area contributed by atoms with Gasteiger partial charge in [0.25, 0.3) is 11.5 Å². The minimum absolute atomic E-state index is 0.125. The van der Waals surface area contributed by atoms with E-state index in [1.807, 2.05) is 6.92 Å². The highest BCUT2D eigenvalue weighted by Gasteiger charge is 2.09. The third-order valence-electron chi connectivity index (χ3n) is 4.23. The summed E-state index contributed by atoms with van der Waals surface area (Å²) in [5, 5.41) is 7.75. The number of ether oxygens (including phenoxy) is 1. The molecule has 0 aliphatic heterocycles. The molecule has 0 radical (unpaired) electrons. The number of carbonyl (C=O) groups is 1. The second kappa shape index (κ2) is 8.42. The van der Waals surface area contributed by atoms with Crippen LogP contribution in [0.5, 0.6) is 5.75 Å². The van der Waals surface area contributed by atoms with Crippen molar-refractivity contribution in [1.82, 2.24) is 14.6 Å². The van der Waals surface area contributed by atoms with Gasteiger partial charge in [-0.1, -0.05) is 24.3 Å². The Balaban J connectivity index is 1.41. The lowest BCUT2D eigenvalue weighted by atomic mass is 10.2. The lowest BCUT2D eigenvalue weighted by Crippen LogP contribution is -2.16. The first kappa shape index (κ1) is 19.7. The predicted molar refractivity (Wildman–Crippen MR) is 112 cm³/mol. The number of aryl methyl sites for hydroxylation is 1. The van der Waals surface area contributed by atoms with E-state index < -0.39 is 11.7 Å². The first-order valence-corrected chi connectivity index (χ1v) is 10.0. The smallest absolute Gasteiger partial charge is 0.275 e. The summed E-state index contributed by atoms with van der Waals surface area (Å²) in [5.74, 6) is -0.321. The number of nitrogens with zero attached hydrogens (tertiary/aromatic N) is 3. The number of anilines is 1. The number of benzene rings is 2. The molecule has 30 heavy (non-hydrogen) atoms. The average Bonchev–Trinajstić information content (AvgIpc) is 3.17. The van der Waals surface area contributed by atoms with Crippen LogP contribution in [0.2, 0.25) is 0 Å². The van der Waals surface area contributed by atoms with E-state index in [-0.39, 0.29) is 17.7 Å². The van der Waals surface area contributed by atoms with Crippen molar-refractivity contribution in [3.05, 3.63) is 87.0 Å². The number of fused-ring (bicyclic) bond motifs is 1. The maximum absolute atomic E-state index is 13.2. The van der Waals surface area contributed by atoms with E-state index in [9.17, 15) is 14.0 Å². The van der Waals surface area contributed by atoms with Crippen molar-refractivity contribution < 1.29 is 13.9 Å².